The Labute approximate surface area is 124 Å². The standard InChI is InChI=1S/C13H17NO5S2/c1-2-19-12-5-3-4-6-13(12)21(17,18)14-8-11-7-10(14)9-20(11,15)16/h3-6,10-11H,2,7-9H2,1H3/t10-,11+/m0/s1. The molecule has 0 saturated carbocycles. The van der Waals surface area contributed by atoms with Crippen molar-refractivity contribution < 1.29 is 21.6 Å². The molecule has 0 aromatic heterocycles. The summed E-state index contributed by atoms with van der Waals surface area (Å²) in [4.78, 5) is 0.108. The molecular formula is C13H17NO5S2. The van der Waals surface area contributed by atoms with E-state index in [2.05, 4.69) is 0 Å². The highest BCUT2D eigenvalue weighted by Gasteiger charge is 2.52. The third kappa shape index (κ3) is 2.35. The molecule has 0 amide bonds. The first-order valence-electron chi connectivity index (χ1n) is 6.81. The zero-order valence-electron chi connectivity index (χ0n) is 11.6. The van der Waals surface area contributed by atoms with Gasteiger partial charge in [0.15, 0.2) is 9.84 Å². The first kappa shape index (κ1) is 14.8. The zero-order chi connectivity index (χ0) is 15.3. The van der Waals surface area contributed by atoms with Crippen LogP contribution >= 0.6 is 0 Å². The summed E-state index contributed by atoms with van der Waals surface area (Å²) in [7, 11) is -6.85. The summed E-state index contributed by atoms with van der Waals surface area (Å²) in [6.45, 7) is 2.20. The second-order valence-corrected chi connectivity index (χ2v) is 9.48. The minimum absolute atomic E-state index is 0.0514. The Hall–Kier alpha value is -1.12. The number of hydrogen-bond donors (Lipinski definition) is 0. The molecule has 1 aromatic rings. The normalized spacial score (nSPS) is 27.9. The van der Waals surface area contributed by atoms with Gasteiger partial charge in [-0.15, -0.1) is 0 Å². The highest BCUT2D eigenvalue weighted by atomic mass is 32.2. The van der Waals surface area contributed by atoms with E-state index < -0.39 is 31.2 Å². The van der Waals surface area contributed by atoms with Crippen molar-refractivity contribution in [1.82, 2.24) is 4.31 Å². The van der Waals surface area contributed by atoms with Crippen molar-refractivity contribution in [2.24, 2.45) is 0 Å². The maximum absolute atomic E-state index is 12.8. The lowest BCUT2D eigenvalue weighted by atomic mass is 10.3. The molecule has 0 unspecified atom stereocenters. The van der Waals surface area contributed by atoms with Crippen molar-refractivity contribution in [3.63, 3.8) is 0 Å². The number of nitrogens with zero attached hydrogens (tertiary/aromatic N) is 1. The van der Waals surface area contributed by atoms with E-state index in [0.29, 0.717) is 18.8 Å². The fourth-order valence-corrected chi connectivity index (χ4v) is 7.05. The molecule has 2 bridgehead atoms. The molecule has 0 radical (unpaired) electrons. The number of para-hydroxylation sites is 1. The predicted molar refractivity (Wildman–Crippen MR) is 77.5 cm³/mol. The van der Waals surface area contributed by atoms with Crippen LogP contribution in [0.15, 0.2) is 29.2 Å². The van der Waals surface area contributed by atoms with Gasteiger partial charge in [0.1, 0.15) is 10.6 Å². The molecule has 2 aliphatic heterocycles. The van der Waals surface area contributed by atoms with Crippen LogP contribution in [0.5, 0.6) is 5.75 Å². The Morgan fingerprint density at radius 3 is 2.62 bits per heavy atom. The lowest BCUT2D eigenvalue weighted by Gasteiger charge is -2.26. The van der Waals surface area contributed by atoms with E-state index in [1.807, 2.05) is 0 Å². The molecule has 2 heterocycles. The van der Waals surface area contributed by atoms with Crippen molar-refractivity contribution in [3.05, 3.63) is 24.3 Å². The van der Waals surface area contributed by atoms with Crippen molar-refractivity contribution in [2.75, 3.05) is 18.9 Å². The molecule has 2 saturated heterocycles. The summed E-state index contributed by atoms with van der Waals surface area (Å²) in [6, 6.07) is 6.02. The molecule has 2 atom stereocenters. The second kappa shape index (κ2) is 4.96. The first-order chi connectivity index (χ1) is 9.86. The van der Waals surface area contributed by atoms with E-state index in [0.717, 1.165) is 0 Å². The van der Waals surface area contributed by atoms with Crippen molar-refractivity contribution in [1.29, 1.82) is 0 Å². The Kier molecular flexibility index (Phi) is 3.50. The van der Waals surface area contributed by atoms with Crippen LogP contribution in [0, 0.1) is 0 Å². The SMILES string of the molecule is CCOc1ccccc1S(=O)(=O)N1C[C@H]2C[C@H]1CS2(=O)=O. The number of rotatable bonds is 4. The molecule has 116 valence electrons. The number of ether oxygens (including phenoxy) is 1. The van der Waals surface area contributed by atoms with Crippen LogP contribution in [0.4, 0.5) is 0 Å². The molecule has 3 rings (SSSR count). The van der Waals surface area contributed by atoms with Crippen LogP contribution in [0.3, 0.4) is 0 Å². The Morgan fingerprint density at radius 1 is 1.33 bits per heavy atom. The lowest BCUT2D eigenvalue weighted by Crippen LogP contribution is -2.44. The fourth-order valence-electron chi connectivity index (χ4n) is 3.02. The molecule has 2 fully saturated rings. The van der Waals surface area contributed by atoms with Gasteiger partial charge in [-0.25, -0.2) is 16.8 Å². The molecule has 0 spiro atoms. The van der Waals surface area contributed by atoms with Gasteiger partial charge in [0, 0.05) is 12.6 Å². The summed E-state index contributed by atoms with van der Waals surface area (Å²) in [5.74, 6) is 0.235. The number of sulfonamides is 1. The van der Waals surface area contributed by atoms with E-state index in [9.17, 15) is 16.8 Å². The predicted octanol–water partition coefficient (Wildman–Crippen LogP) is 0.645. The number of benzene rings is 1. The van der Waals surface area contributed by atoms with Gasteiger partial charge in [-0.3, -0.25) is 0 Å². The van der Waals surface area contributed by atoms with Crippen LogP contribution in [-0.4, -0.2) is 51.3 Å². The molecule has 21 heavy (non-hydrogen) atoms. The Morgan fingerprint density at radius 2 is 2.05 bits per heavy atom. The van der Waals surface area contributed by atoms with E-state index in [1.54, 1.807) is 25.1 Å². The van der Waals surface area contributed by atoms with Crippen LogP contribution in [0.25, 0.3) is 0 Å². The van der Waals surface area contributed by atoms with Gasteiger partial charge >= 0.3 is 0 Å². The van der Waals surface area contributed by atoms with Gasteiger partial charge in [0.2, 0.25) is 10.0 Å². The molecule has 0 aliphatic carbocycles. The number of fused-ring (bicyclic) bond motifs is 2. The molecule has 2 aliphatic rings. The smallest absolute Gasteiger partial charge is 0.247 e. The quantitative estimate of drug-likeness (QED) is 0.809. The van der Waals surface area contributed by atoms with Crippen LogP contribution in [0.2, 0.25) is 0 Å². The summed E-state index contributed by atoms with van der Waals surface area (Å²) >= 11 is 0. The lowest BCUT2D eigenvalue weighted by molar-refractivity contribution is 0.328. The molecule has 1 aromatic carbocycles. The van der Waals surface area contributed by atoms with Gasteiger partial charge in [-0.2, -0.15) is 4.31 Å². The molecular weight excluding hydrogens is 314 g/mol. The van der Waals surface area contributed by atoms with Crippen molar-refractivity contribution >= 4 is 19.9 Å². The Balaban J connectivity index is 1.97. The minimum Gasteiger partial charge on any atom is -0.492 e. The minimum atomic E-state index is -3.73. The second-order valence-electron chi connectivity index (χ2n) is 5.30. The van der Waals surface area contributed by atoms with Crippen molar-refractivity contribution in [2.45, 2.75) is 29.5 Å². The third-order valence-corrected chi connectivity index (χ3v) is 8.16. The van der Waals surface area contributed by atoms with E-state index in [1.165, 1.54) is 10.4 Å². The number of hydrogen-bond acceptors (Lipinski definition) is 5. The molecule has 6 nitrogen and oxygen atoms in total. The molecule has 8 heteroatoms. The summed E-state index contributed by atoms with van der Waals surface area (Å²) in [5, 5.41) is -0.559. The van der Waals surface area contributed by atoms with Gasteiger partial charge in [0.25, 0.3) is 0 Å². The monoisotopic (exact) mass is 331 g/mol. The van der Waals surface area contributed by atoms with Crippen LogP contribution < -0.4 is 4.74 Å². The summed E-state index contributed by atoms with van der Waals surface area (Å²) in [5.41, 5.74) is 0. The number of sulfone groups is 1. The fraction of sp³-hybridized carbons (Fsp3) is 0.538. The summed E-state index contributed by atoms with van der Waals surface area (Å²) < 4.78 is 55.8. The van der Waals surface area contributed by atoms with E-state index in [4.69, 9.17) is 4.74 Å². The highest BCUT2D eigenvalue weighted by Crippen LogP contribution is 2.38. The van der Waals surface area contributed by atoms with Crippen LogP contribution in [-0.2, 0) is 19.9 Å². The van der Waals surface area contributed by atoms with Gasteiger partial charge < -0.3 is 4.74 Å². The Bertz CT molecular complexity index is 757. The maximum Gasteiger partial charge on any atom is 0.247 e. The zero-order valence-corrected chi connectivity index (χ0v) is 13.2. The third-order valence-electron chi connectivity index (χ3n) is 3.99. The van der Waals surface area contributed by atoms with Gasteiger partial charge in [-0.05, 0) is 25.5 Å². The first-order valence-corrected chi connectivity index (χ1v) is 9.97. The largest absolute Gasteiger partial charge is 0.492 e. The van der Waals surface area contributed by atoms with Crippen molar-refractivity contribution in [3.8, 4) is 5.75 Å². The molecule has 0 N–H and O–H groups in total. The van der Waals surface area contributed by atoms with Gasteiger partial charge in [-0.1, -0.05) is 12.1 Å². The van der Waals surface area contributed by atoms with E-state index >= 15 is 0 Å². The highest BCUT2D eigenvalue weighted by molar-refractivity contribution is 7.93. The van der Waals surface area contributed by atoms with E-state index in [-0.39, 0.29) is 17.2 Å². The van der Waals surface area contributed by atoms with Gasteiger partial charge in [0.05, 0.1) is 17.6 Å². The summed E-state index contributed by atoms with van der Waals surface area (Å²) in [6.07, 6.45) is 0.401. The van der Waals surface area contributed by atoms with Crippen LogP contribution in [0.1, 0.15) is 13.3 Å². The maximum atomic E-state index is 12.8. The average molecular weight is 331 g/mol. The topological polar surface area (TPSA) is 80.8 Å². The average Bonchev–Trinajstić information content (AvgIpc) is 2.95.